The van der Waals surface area contributed by atoms with E-state index in [0.717, 1.165) is 12.8 Å². The summed E-state index contributed by atoms with van der Waals surface area (Å²) in [5.74, 6) is 0. The molecule has 3 unspecified atom stereocenters. The maximum Gasteiger partial charge on any atom is 0.262 e. The standard InChI is InChI=1S/C11H22ClO2PS/c1-11(2,3)15(13,14-4)16-10-8-6-5-7-9(10)12/h9-10H,5-8H2,1-4H3. The Kier molecular flexibility index (Phi) is 5.25. The molecule has 0 spiro atoms. The molecule has 1 aliphatic rings. The molecule has 0 saturated heterocycles. The second-order valence-corrected chi connectivity index (χ2v) is 11.4. The maximum absolute atomic E-state index is 12.7. The van der Waals surface area contributed by atoms with E-state index in [4.69, 9.17) is 16.1 Å². The van der Waals surface area contributed by atoms with Crippen molar-refractivity contribution in [2.24, 2.45) is 0 Å². The minimum atomic E-state index is -2.66. The lowest BCUT2D eigenvalue weighted by atomic mass is 10.00. The Hall–Kier alpha value is 0.830. The van der Waals surface area contributed by atoms with Crippen LogP contribution in [0.25, 0.3) is 0 Å². The lowest BCUT2D eigenvalue weighted by molar-refractivity contribution is 0.387. The van der Waals surface area contributed by atoms with E-state index in [1.807, 2.05) is 20.8 Å². The molecule has 96 valence electrons. The Labute approximate surface area is 108 Å². The predicted octanol–water partition coefficient (Wildman–Crippen LogP) is 4.91. The van der Waals surface area contributed by atoms with Gasteiger partial charge in [0, 0.05) is 22.9 Å². The van der Waals surface area contributed by atoms with Gasteiger partial charge in [0.05, 0.1) is 0 Å². The van der Waals surface area contributed by atoms with Gasteiger partial charge in [0.1, 0.15) is 0 Å². The average Bonchev–Trinajstić information content (AvgIpc) is 2.19. The van der Waals surface area contributed by atoms with Crippen LogP contribution in [-0.2, 0) is 9.09 Å². The van der Waals surface area contributed by atoms with Crippen LogP contribution in [0.2, 0.25) is 0 Å². The van der Waals surface area contributed by atoms with Crippen molar-refractivity contribution < 1.29 is 9.09 Å². The van der Waals surface area contributed by atoms with Crippen LogP contribution in [0.4, 0.5) is 0 Å². The Balaban J connectivity index is 2.73. The Bertz CT molecular complexity index is 278. The van der Waals surface area contributed by atoms with E-state index in [0.29, 0.717) is 0 Å². The van der Waals surface area contributed by atoms with Crippen LogP contribution in [0.1, 0.15) is 46.5 Å². The number of hydrogen-bond donors (Lipinski definition) is 0. The van der Waals surface area contributed by atoms with E-state index >= 15 is 0 Å². The highest BCUT2D eigenvalue weighted by Gasteiger charge is 2.41. The van der Waals surface area contributed by atoms with Gasteiger partial charge in [-0.3, -0.25) is 4.57 Å². The first-order valence-electron chi connectivity index (χ1n) is 5.78. The van der Waals surface area contributed by atoms with Gasteiger partial charge in [-0.2, -0.15) is 0 Å². The van der Waals surface area contributed by atoms with E-state index in [2.05, 4.69) is 0 Å². The smallest absolute Gasteiger partial charge is 0.262 e. The molecule has 0 aliphatic heterocycles. The van der Waals surface area contributed by atoms with Crippen LogP contribution in [-0.4, -0.2) is 22.9 Å². The van der Waals surface area contributed by atoms with Crippen molar-refractivity contribution in [1.29, 1.82) is 0 Å². The highest BCUT2D eigenvalue weighted by molar-refractivity contribution is 8.57. The van der Waals surface area contributed by atoms with Crippen LogP contribution in [0.3, 0.4) is 0 Å². The fourth-order valence-corrected chi connectivity index (χ4v) is 7.35. The summed E-state index contributed by atoms with van der Waals surface area (Å²) in [7, 11) is 1.55. The van der Waals surface area contributed by atoms with Gasteiger partial charge in [0.25, 0.3) is 6.57 Å². The summed E-state index contributed by atoms with van der Waals surface area (Å²) in [6.45, 7) is 3.25. The SMILES string of the molecule is COP(=O)(SC1CCCCC1Cl)C(C)(C)C. The molecule has 1 aliphatic carbocycles. The molecule has 16 heavy (non-hydrogen) atoms. The molecule has 0 amide bonds. The van der Waals surface area contributed by atoms with Crippen molar-refractivity contribution in [2.45, 2.75) is 62.2 Å². The number of alkyl halides is 1. The monoisotopic (exact) mass is 284 g/mol. The average molecular weight is 285 g/mol. The van der Waals surface area contributed by atoms with Crippen molar-refractivity contribution >= 4 is 29.6 Å². The van der Waals surface area contributed by atoms with Crippen molar-refractivity contribution in [2.75, 3.05) is 7.11 Å². The van der Waals surface area contributed by atoms with Crippen LogP contribution in [0.5, 0.6) is 0 Å². The van der Waals surface area contributed by atoms with Gasteiger partial charge in [-0.25, -0.2) is 0 Å². The zero-order valence-corrected chi connectivity index (χ0v) is 13.0. The fourth-order valence-electron chi connectivity index (χ4n) is 1.82. The van der Waals surface area contributed by atoms with E-state index in [-0.39, 0.29) is 15.8 Å². The molecule has 1 fully saturated rings. The van der Waals surface area contributed by atoms with Gasteiger partial charge in [0.15, 0.2) is 0 Å². The quantitative estimate of drug-likeness (QED) is 0.544. The molecule has 3 atom stereocenters. The summed E-state index contributed by atoms with van der Waals surface area (Å²) in [6, 6.07) is 0. The van der Waals surface area contributed by atoms with Gasteiger partial charge in [-0.1, -0.05) is 45.0 Å². The molecule has 1 saturated carbocycles. The van der Waals surface area contributed by atoms with E-state index in [1.165, 1.54) is 24.2 Å². The van der Waals surface area contributed by atoms with Crippen molar-refractivity contribution in [3.63, 3.8) is 0 Å². The molecular weight excluding hydrogens is 263 g/mol. The summed E-state index contributed by atoms with van der Waals surface area (Å²) in [5.41, 5.74) is 0. The summed E-state index contributed by atoms with van der Waals surface area (Å²) in [6.07, 6.45) is 4.47. The van der Waals surface area contributed by atoms with E-state index < -0.39 is 6.57 Å². The Morgan fingerprint density at radius 3 is 2.31 bits per heavy atom. The van der Waals surface area contributed by atoms with Gasteiger partial charge in [-0.15, -0.1) is 11.6 Å². The topological polar surface area (TPSA) is 26.3 Å². The van der Waals surface area contributed by atoms with Crippen molar-refractivity contribution in [3.05, 3.63) is 0 Å². The van der Waals surface area contributed by atoms with Gasteiger partial charge in [0.2, 0.25) is 0 Å². The first kappa shape index (κ1) is 14.9. The summed E-state index contributed by atoms with van der Waals surface area (Å²) in [5, 5.41) is 0.102. The minimum absolute atomic E-state index is 0.143. The normalized spacial score (nSPS) is 31.1. The van der Waals surface area contributed by atoms with Crippen molar-refractivity contribution in [3.8, 4) is 0 Å². The van der Waals surface area contributed by atoms with Crippen LogP contribution >= 0.6 is 29.6 Å². The molecule has 0 radical (unpaired) electrons. The first-order valence-corrected chi connectivity index (χ1v) is 9.33. The van der Waals surface area contributed by atoms with Gasteiger partial charge >= 0.3 is 0 Å². The van der Waals surface area contributed by atoms with E-state index in [1.54, 1.807) is 7.11 Å². The third-order valence-electron chi connectivity index (χ3n) is 2.96. The third kappa shape index (κ3) is 3.41. The third-order valence-corrected chi connectivity index (χ3v) is 10.6. The molecule has 0 heterocycles. The second-order valence-electron chi connectivity index (χ2n) is 5.30. The number of halogens is 1. The lowest BCUT2D eigenvalue weighted by Gasteiger charge is -2.34. The first-order chi connectivity index (χ1) is 7.30. The Morgan fingerprint density at radius 2 is 1.88 bits per heavy atom. The highest BCUT2D eigenvalue weighted by Crippen LogP contribution is 2.70. The van der Waals surface area contributed by atoms with Crippen molar-refractivity contribution in [1.82, 2.24) is 0 Å². The zero-order valence-electron chi connectivity index (χ0n) is 10.5. The largest absolute Gasteiger partial charge is 0.324 e. The van der Waals surface area contributed by atoms with Crippen LogP contribution in [0.15, 0.2) is 0 Å². The molecule has 0 bridgehead atoms. The summed E-state index contributed by atoms with van der Waals surface area (Å²) >= 11 is 7.78. The molecular formula is C11H22ClO2PS. The maximum atomic E-state index is 12.7. The fraction of sp³-hybridized carbons (Fsp3) is 1.00. The number of rotatable bonds is 3. The molecule has 0 aromatic heterocycles. The van der Waals surface area contributed by atoms with E-state index in [9.17, 15) is 4.57 Å². The van der Waals surface area contributed by atoms with Crippen LogP contribution < -0.4 is 0 Å². The molecule has 0 aromatic rings. The zero-order chi connectivity index (χ0) is 12.4. The summed E-state index contributed by atoms with van der Waals surface area (Å²) in [4.78, 5) is 0. The van der Waals surface area contributed by atoms with Gasteiger partial charge in [-0.05, 0) is 12.8 Å². The lowest BCUT2D eigenvalue weighted by Crippen LogP contribution is -2.24. The number of hydrogen-bond acceptors (Lipinski definition) is 3. The molecule has 2 nitrogen and oxygen atoms in total. The molecule has 0 N–H and O–H groups in total. The second kappa shape index (κ2) is 5.65. The molecule has 5 heteroatoms. The predicted molar refractivity (Wildman–Crippen MR) is 73.9 cm³/mol. The molecule has 1 rings (SSSR count). The van der Waals surface area contributed by atoms with Gasteiger partial charge < -0.3 is 4.52 Å². The van der Waals surface area contributed by atoms with Crippen LogP contribution in [0, 0.1) is 0 Å². The summed E-state index contributed by atoms with van der Waals surface area (Å²) < 4.78 is 18.0. The minimum Gasteiger partial charge on any atom is -0.324 e. The highest BCUT2D eigenvalue weighted by atomic mass is 35.5. The molecule has 0 aromatic carbocycles. The Morgan fingerprint density at radius 1 is 1.31 bits per heavy atom.